The van der Waals surface area contributed by atoms with E-state index in [1.807, 2.05) is 27.7 Å². The van der Waals surface area contributed by atoms with Crippen LogP contribution in [0.15, 0.2) is 12.2 Å². The van der Waals surface area contributed by atoms with Gasteiger partial charge < -0.3 is 14.4 Å². The van der Waals surface area contributed by atoms with Gasteiger partial charge in [-0.25, -0.2) is 4.79 Å². The van der Waals surface area contributed by atoms with E-state index in [0.29, 0.717) is 5.56 Å². The van der Waals surface area contributed by atoms with Gasteiger partial charge in [0.15, 0.2) is 5.69 Å². The molecule has 6 nitrogen and oxygen atoms in total. The van der Waals surface area contributed by atoms with Gasteiger partial charge >= 0.3 is 13.1 Å². The van der Waals surface area contributed by atoms with Crippen LogP contribution in [0, 0.1) is 0 Å². The van der Waals surface area contributed by atoms with Crippen molar-refractivity contribution in [2.75, 3.05) is 0 Å². The van der Waals surface area contributed by atoms with E-state index in [-0.39, 0.29) is 5.69 Å². The Morgan fingerprint density at radius 1 is 1.37 bits per heavy atom. The van der Waals surface area contributed by atoms with Gasteiger partial charge in [0, 0.05) is 5.56 Å². The molecular weight excluding hydrogens is 247 g/mol. The Hall–Kier alpha value is -1.60. The van der Waals surface area contributed by atoms with E-state index in [4.69, 9.17) is 14.4 Å². The van der Waals surface area contributed by atoms with Gasteiger partial charge in [-0.2, -0.15) is 5.10 Å². The van der Waals surface area contributed by atoms with Crippen molar-refractivity contribution in [2.45, 2.75) is 38.9 Å². The van der Waals surface area contributed by atoms with E-state index >= 15 is 0 Å². The van der Waals surface area contributed by atoms with Crippen LogP contribution < -0.4 is 0 Å². The van der Waals surface area contributed by atoms with Crippen molar-refractivity contribution in [3.8, 4) is 0 Å². The summed E-state index contributed by atoms with van der Waals surface area (Å²) in [5, 5.41) is 15.1. The van der Waals surface area contributed by atoms with E-state index in [1.54, 1.807) is 12.1 Å². The minimum atomic E-state index is -1.05. The third-order valence-electron chi connectivity index (χ3n) is 3.59. The van der Waals surface area contributed by atoms with E-state index in [2.05, 4.69) is 10.2 Å². The van der Waals surface area contributed by atoms with Crippen molar-refractivity contribution in [3.63, 3.8) is 0 Å². The number of nitrogens with zero attached hydrogens (tertiary/aromatic N) is 1. The number of H-pyrrole nitrogens is 1. The molecule has 0 unspecified atom stereocenters. The summed E-state index contributed by atoms with van der Waals surface area (Å²) < 4.78 is 11.6. The van der Waals surface area contributed by atoms with Crippen LogP contribution in [0.4, 0.5) is 0 Å². The summed E-state index contributed by atoms with van der Waals surface area (Å²) in [7, 11) is -0.499. The van der Waals surface area contributed by atoms with E-state index in [0.717, 1.165) is 0 Å². The first kappa shape index (κ1) is 13.8. The largest absolute Gasteiger partial charge is 0.487 e. The van der Waals surface area contributed by atoms with E-state index < -0.39 is 24.3 Å². The van der Waals surface area contributed by atoms with Gasteiger partial charge in [-0.1, -0.05) is 12.1 Å². The lowest BCUT2D eigenvalue weighted by atomic mass is 9.89. The number of aromatic amines is 1. The topological polar surface area (TPSA) is 84.4 Å². The van der Waals surface area contributed by atoms with Gasteiger partial charge in [0.05, 0.1) is 17.4 Å². The van der Waals surface area contributed by atoms with Crippen LogP contribution in [0.2, 0.25) is 0 Å². The van der Waals surface area contributed by atoms with Crippen LogP contribution in [0.1, 0.15) is 43.7 Å². The normalized spacial score (nSPS) is 21.2. The third kappa shape index (κ3) is 2.57. The number of aromatic carboxylic acids is 1. The summed E-state index contributed by atoms with van der Waals surface area (Å²) in [5.74, 6) is 0.638. The number of aromatic nitrogens is 2. The number of carboxylic acids is 1. The Morgan fingerprint density at radius 2 is 1.95 bits per heavy atom. The van der Waals surface area contributed by atoms with Gasteiger partial charge in [0.2, 0.25) is 0 Å². The van der Waals surface area contributed by atoms with Crippen LogP contribution in [-0.4, -0.2) is 39.6 Å². The van der Waals surface area contributed by atoms with Crippen molar-refractivity contribution < 1.29 is 19.2 Å². The smallest absolute Gasteiger partial charge is 0.477 e. The molecule has 0 radical (unpaired) electrons. The monoisotopic (exact) mass is 264 g/mol. The quantitative estimate of drug-likeness (QED) is 0.812. The fraction of sp³-hybridized carbons (Fsp3) is 0.500. The zero-order chi connectivity index (χ0) is 14.3. The van der Waals surface area contributed by atoms with Gasteiger partial charge in [-0.3, -0.25) is 5.10 Å². The minimum absolute atomic E-state index is 0.0489. The van der Waals surface area contributed by atoms with Crippen LogP contribution in [0.3, 0.4) is 0 Å². The highest BCUT2D eigenvalue weighted by Crippen LogP contribution is 2.37. The average molecular weight is 264 g/mol. The second-order valence-electron chi connectivity index (χ2n) is 5.49. The summed E-state index contributed by atoms with van der Waals surface area (Å²) in [5.41, 5.74) is -0.280. The third-order valence-corrected chi connectivity index (χ3v) is 3.59. The predicted octanol–water partition coefficient (Wildman–Crippen LogP) is 1.75. The van der Waals surface area contributed by atoms with Crippen LogP contribution in [-0.2, 0) is 9.31 Å². The van der Waals surface area contributed by atoms with E-state index in [1.165, 1.54) is 6.20 Å². The summed E-state index contributed by atoms with van der Waals surface area (Å²) in [6.45, 7) is 7.84. The molecule has 2 rings (SSSR count). The second kappa shape index (κ2) is 4.50. The summed E-state index contributed by atoms with van der Waals surface area (Å²) in [6.07, 6.45) is 3.08. The highest BCUT2D eigenvalue weighted by atomic mass is 16.7. The molecule has 0 aromatic carbocycles. The molecule has 1 saturated heterocycles. The van der Waals surface area contributed by atoms with Gasteiger partial charge in [0.25, 0.3) is 0 Å². The average Bonchev–Trinajstić information content (AvgIpc) is 2.79. The second-order valence-corrected chi connectivity index (χ2v) is 5.49. The number of carbonyl (C=O) groups is 1. The highest BCUT2D eigenvalue weighted by Gasteiger charge is 2.50. The Kier molecular flexibility index (Phi) is 3.28. The minimum Gasteiger partial charge on any atom is -0.477 e. The first-order chi connectivity index (χ1) is 8.73. The zero-order valence-corrected chi connectivity index (χ0v) is 11.4. The molecule has 0 spiro atoms. The molecular formula is C12H17BN2O4. The lowest BCUT2D eigenvalue weighted by Gasteiger charge is -2.32. The Labute approximate surface area is 111 Å². The summed E-state index contributed by atoms with van der Waals surface area (Å²) >= 11 is 0. The number of nitrogens with one attached hydrogen (secondary N) is 1. The maximum Gasteiger partial charge on any atom is 0.487 e. The first-order valence-electron chi connectivity index (χ1n) is 6.03. The molecule has 1 aliphatic rings. The fourth-order valence-corrected chi connectivity index (χ4v) is 1.74. The van der Waals surface area contributed by atoms with Gasteiger partial charge in [0.1, 0.15) is 0 Å². The molecule has 1 aromatic heterocycles. The van der Waals surface area contributed by atoms with Crippen LogP contribution in [0.5, 0.6) is 0 Å². The Morgan fingerprint density at radius 3 is 2.47 bits per heavy atom. The maximum atomic E-state index is 10.9. The lowest BCUT2D eigenvalue weighted by molar-refractivity contribution is 0.00578. The first-order valence-corrected chi connectivity index (χ1v) is 6.03. The summed E-state index contributed by atoms with van der Waals surface area (Å²) in [6, 6.07) is 0. The van der Waals surface area contributed by atoms with Crippen molar-refractivity contribution in [1.82, 2.24) is 10.2 Å². The molecule has 0 saturated carbocycles. The van der Waals surface area contributed by atoms with Crippen molar-refractivity contribution >= 4 is 19.2 Å². The predicted molar refractivity (Wildman–Crippen MR) is 70.7 cm³/mol. The van der Waals surface area contributed by atoms with Crippen molar-refractivity contribution in [1.29, 1.82) is 0 Å². The van der Waals surface area contributed by atoms with Gasteiger partial charge in [-0.15, -0.1) is 0 Å². The van der Waals surface area contributed by atoms with E-state index in [9.17, 15) is 4.79 Å². The molecule has 0 amide bonds. The number of carboxylic acid groups (broad SMARTS) is 1. The van der Waals surface area contributed by atoms with Crippen LogP contribution in [0.25, 0.3) is 6.08 Å². The maximum absolute atomic E-state index is 10.9. The molecule has 1 aliphatic heterocycles. The van der Waals surface area contributed by atoms with Crippen LogP contribution >= 0.6 is 0 Å². The molecule has 0 bridgehead atoms. The number of hydrogen-bond acceptors (Lipinski definition) is 4. The molecule has 2 heterocycles. The Balaban J connectivity index is 2.13. The molecule has 0 aliphatic carbocycles. The molecule has 102 valence electrons. The highest BCUT2D eigenvalue weighted by molar-refractivity contribution is 6.52. The molecule has 0 atom stereocenters. The SMILES string of the molecule is CC1(C)OB(/C=C/c2cn[nH]c2C(=O)O)OC1(C)C. The van der Waals surface area contributed by atoms with Crippen molar-refractivity contribution in [3.05, 3.63) is 23.4 Å². The lowest BCUT2D eigenvalue weighted by Crippen LogP contribution is -2.41. The fourth-order valence-electron chi connectivity index (χ4n) is 1.74. The van der Waals surface area contributed by atoms with Crippen molar-refractivity contribution in [2.24, 2.45) is 0 Å². The van der Waals surface area contributed by atoms with Gasteiger partial charge in [-0.05, 0) is 27.7 Å². The Bertz CT molecular complexity index is 506. The number of hydrogen-bond donors (Lipinski definition) is 2. The zero-order valence-electron chi connectivity index (χ0n) is 11.4. The molecule has 7 heteroatoms. The molecule has 1 aromatic rings. The molecule has 19 heavy (non-hydrogen) atoms. The number of rotatable bonds is 3. The standard InChI is InChI=1S/C12H17BN2O4/c1-11(2)12(3,4)19-13(18-11)6-5-8-7-14-15-9(8)10(16)17/h5-7H,1-4H3,(H,14,15)(H,16,17)/b6-5+. The molecule has 2 N–H and O–H groups in total. The summed E-state index contributed by atoms with van der Waals surface area (Å²) in [4.78, 5) is 10.9. The molecule has 1 fully saturated rings.